The van der Waals surface area contributed by atoms with Crippen molar-refractivity contribution in [3.8, 4) is 0 Å². The summed E-state index contributed by atoms with van der Waals surface area (Å²) in [4.78, 5) is 11.4. The molecule has 1 rings (SSSR count). The lowest BCUT2D eigenvalue weighted by Gasteiger charge is -2.04. The zero-order chi connectivity index (χ0) is 11.8. The molecule has 0 saturated heterocycles. The summed E-state index contributed by atoms with van der Waals surface area (Å²) in [6.07, 6.45) is 2.09. The van der Waals surface area contributed by atoms with E-state index in [0.717, 1.165) is 43.4 Å². The maximum Gasteiger partial charge on any atom is 0.343 e. The molecule has 0 unspecified atom stereocenters. The molecule has 0 aliphatic rings. The summed E-state index contributed by atoms with van der Waals surface area (Å²) in [5.74, 6) is 0.938. The van der Waals surface area contributed by atoms with Gasteiger partial charge < -0.3 is 5.32 Å². The topological polar surface area (TPSA) is 62.7 Å². The van der Waals surface area contributed by atoms with Crippen LogP contribution < -0.4 is 11.0 Å². The fourth-order valence-electron chi connectivity index (χ4n) is 1.35. The van der Waals surface area contributed by atoms with Gasteiger partial charge in [0.1, 0.15) is 0 Å². The molecule has 16 heavy (non-hydrogen) atoms. The molecule has 0 saturated carbocycles. The number of thioether (sulfide) groups is 1. The van der Waals surface area contributed by atoms with Crippen molar-refractivity contribution in [2.75, 3.05) is 18.8 Å². The van der Waals surface area contributed by atoms with Crippen LogP contribution in [0.25, 0.3) is 0 Å². The summed E-state index contributed by atoms with van der Waals surface area (Å²) < 4.78 is 1.70. The highest BCUT2D eigenvalue weighted by Crippen LogP contribution is 2.12. The molecule has 0 spiro atoms. The van der Waals surface area contributed by atoms with Crippen LogP contribution in [-0.4, -0.2) is 33.6 Å². The van der Waals surface area contributed by atoms with Crippen LogP contribution in [0.15, 0.2) is 9.95 Å². The molecule has 0 atom stereocenters. The number of aromatic nitrogens is 3. The van der Waals surface area contributed by atoms with E-state index < -0.39 is 0 Å². The molecule has 6 heteroatoms. The fourth-order valence-corrected chi connectivity index (χ4v) is 2.22. The molecule has 0 fully saturated rings. The van der Waals surface area contributed by atoms with Gasteiger partial charge in [-0.25, -0.2) is 9.89 Å². The number of hydrogen-bond donors (Lipinski definition) is 2. The Hall–Kier alpha value is -0.750. The van der Waals surface area contributed by atoms with E-state index in [1.54, 1.807) is 16.3 Å². The van der Waals surface area contributed by atoms with E-state index in [0.29, 0.717) is 0 Å². The normalized spacial score (nSPS) is 10.9. The van der Waals surface area contributed by atoms with Crippen LogP contribution in [0.4, 0.5) is 0 Å². The molecule has 0 radical (unpaired) electrons. The first-order valence-electron chi connectivity index (χ1n) is 5.78. The lowest BCUT2D eigenvalue weighted by molar-refractivity contribution is 0.603. The smallest absolute Gasteiger partial charge is 0.316 e. The molecule has 0 aromatic carbocycles. The highest BCUT2D eigenvalue weighted by Gasteiger charge is 2.06. The largest absolute Gasteiger partial charge is 0.343 e. The van der Waals surface area contributed by atoms with Crippen molar-refractivity contribution in [3.63, 3.8) is 0 Å². The number of aromatic amines is 1. The predicted octanol–water partition coefficient (Wildman–Crippen LogP) is 1.07. The minimum atomic E-state index is -0.106. The molecular weight excluding hydrogens is 224 g/mol. The number of nitrogens with zero attached hydrogens (tertiary/aromatic N) is 2. The Kier molecular flexibility index (Phi) is 6.25. The van der Waals surface area contributed by atoms with Gasteiger partial charge in [-0.1, -0.05) is 25.6 Å². The van der Waals surface area contributed by atoms with Crippen molar-refractivity contribution in [3.05, 3.63) is 10.5 Å². The summed E-state index contributed by atoms with van der Waals surface area (Å²) in [5.41, 5.74) is -0.106. The van der Waals surface area contributed by atoms with Crippen LogP contribution >= 0.6 is 11.8 Å². The van der Waals surface area contributed by atoms with E-state index in [9.17, 15) is 4.79 Å². The molecule has 0 aliphatic carbocycles. The molecule has 2 N–H and O–H groups in total. The Morgan fingerprint density at radius 1 is 1.38 bits per heavy atom. The SMILES string of the molecule is CCCNCCSc1n[nH]c(=O)n1CCC. The number of rotatable bonds is 8. The third-order valence-corrected chi connectivity index (χ3v) is 3.09. The van der Waals surface area contributed by atoms with E-state index in [1.165, 1.54) is 0 Å². The van der Waals surface area contributed by atoms with Crippen molar-refractivity contribution in [2.45, 2.75) is 38.4 Å². The molecular formula is C10H20N4OS. The fraction of sp³-hybridized carbons (Fsp3) is 0.800. The Morgan fingerprint density at radius 2 is 2.19 bits per heavy atom. The van der Waals surface area contributed by atoms with Gasteiger partial charge >= 0.3 is 5.69 Å². The molecule has 92 valence electrons. The highest BCUT2D eigenvalue weighted by atomic mass is 32.2. The standard InChI is InChI=1S/C10H20N4OS/c1-3-5-11-6-8-16-10-13-12-9(15)14(10)7-4-2/h11H,3-8H2,1-2H3,(H,12,15). The highest BCUT2D eigenvalue weighted by molar-refractivity contribution is 7.99. The van der Waals surface area contributed by atoms with Gasteiger partial charge in [-0.2, -0.15) is 0 Å². The predicted molar refractivity (Wildman–Crippen MR) is 67.0 cm³/mol. The Morgan fingerprint density at radius 3 is 2.88 bits per heavy atom. The van der Waals surface area contributed by atoms with Crippen LogP contribution in [0.2, 0.25) is 0 Å². The summed E-state index contributed by atoms with van der Waals surface area (Å²) in [6, 6.07) is 0. The summed E-state index contributed by atoms with van der Waals surface area (Å²) in [5, 5.41) is 10.6. The third kappa shape index (κ3) is 4.02. The molecule has 1 aromatic heterocycles. The Labute approximate surface area is 100 Å². The molecule has 1 heterocycles. The number of H-pyrrole nitrogens is 1. The first-order chi connectivity index (χ1) is 7.79. The van der Waals surface area contributed by atoms with Crippen molar-refractivity contribution in [1.82, 2.24) is 20.1 Å². The average molecular weight is 244 g/mol. The van der Waals surface area contributed by atoms with Gasteiger partial charge in [0.2, 0.25) is 0 Å². The average Bonchev–Trinajstić information content (AvgIpc) is 2.62. The van der Waals surface area contributed by atoms with Gasteiger partial charge in [-0.05, 0) is 19.4 Å². The van der Waals surface area contributed by atoms with E-state index in [4.69, 9.17) is 0 Å². The van der Waals surface area contributed by atoms with Gasteiger partial charge in [0.15, 0.2) is 5.16 Å². The quantitative estimate of drug-likeness (QED) is 0.530. The first kappa shape index (κ1) is 13.3. The van der Waals surface area contributed by atoms with Crippen LogP contribution in [0.1, 0.15) is 26.7 Å². The van der Waals surface area contributed by atoms with Crippen molar-refractivity contribution in [2.24, 2.45) is 0 Å². The van der Waals surface area contributed by atoms with Gasteiger partial charge in [0.05, 0.1) is 0 Å². The third-order valence-electron chi connectivity index (χ3n) is 2.11. The number of nitrogens with one attached hydrogen (secondary N) is 2. The monoisotopic (exact) mass is 244 g/mol. The molecule has 1 aromatic rings. The Bertz CT molecular complexity index is 347. The second kappa shape index (κ2) is 7.51. The Balaban J connectivity index is 2.38. The maximum atomic E-state index is 11.4. The summed E-state index contributed by atoms with van der Waals surface area (Å²) in [6.45, 7) is 6.93. The van der Waals surface area contributed by atoms with E-state index >= 15 is 0 Å². The van der Waals surface area contributed by atoms with Crippen molar-refractivity contribution >= 4 is 11.8 Å². The van der Waals surface area contributed by atoms with Crippen LogP contribution in [0.3, 0.4) is 0 Å². The summed E-state index contributed by atoms with van der Waals surface area (Å²) in [7, 11) is 0. The molecule has 0 bridgehead atoms. The zero-order valence-electron chi connectivity index (χ0n) is 9.95. The van der Waals surface area contributed by atoms with E-state index in [2.05, 4.69) is 29.4 Å². The van der Waals surface area contributed by atoms with E-state index in [1.807, 2.05) is 0 Å². The van der Waals surface area contributed by atoms with Crippen molar-refractivity contribution < 1.29 is 0 Å². The zero-order valence-corrected chi connectivity index (χ0v) is 10.8. The van der Waals surface area contributed by atoms with Crippen molar-refractivity contribution in [1.29, 1.82) is 0 Å². The van der Waals surface area contributed by atoms with Crippen LogP contribution in [0, 0.1) is 0 Å². The van der Waals surface area contributed by atoms with Crippen LogP contribution in [0.5, 0.6) is 0 Å². The lowest BCUT2D eigenvalue weighted by atomic mass is 10.5. The van der Waals surface area contributed by atoms with Gasteiger partial charge in [0, 0.05) is 18.8 Å². The minimum absolute atomic E-state index is 0.106. The summed E-state index contributed by atoms with van der Waals surface area (Å²) >= 11 is 1.62. The molecule has 0 amide bonds. The van der Waals surface area contributed by atoms with Gasteiger partial charge in [0.25, 0.3) is 0 Å². The minimum Gasteiger partial charge on any atom is -0.316 e. The second-order valence-corrected chi connectivity index (χ2v) is 4.62. The van der Waals surface area contributed by atoms with Gasteiger partial charge in [-0.3, -0.25) is 4.57 Å². The first-order valence-corrected chi connectivity index (χ1v) is 6.76. The maximum absolute atomic E-state index is 11.4. The molecule has 0 aliphatic heterocycles. The van der Waals surface area contributed by atoms with E-state index in [-0.39, 0.29) is 5.69 Å². The molecule has 5 nitrogen and oxygen atoms in total. The second-order valence-electron chi connectivity index (χ2n) is 3.56. The number of hydrogen-bond acceptors (Lipinski definition) is 4. The van der Waals surface area contributed by atoms with Crippen LogP contribution in [-0.2, 0) is 6.54 Å². The van der Waals surface area contributed by atoms with Gasteiger partial charge in [-0.15, -0.1) is 5.10 Å². The lowest BCUT2D eigenvalue weighted by Crippen LogP contribution is -2.19.